The van der Waals surface area contributed by atoms with Crippen molar-refractivity contribution < 1.29 is 27.8 Å². The number of hydrogen-bond donors (Lipinski definition) is 0. The highest BCUT2D eigenvalue weighted by Crippen LogP contribution is 2.28. The Labute approximate surface area is 186 Å². The number of esters is 1. The van der Waals surface area contributed by atoms with Crippen molar-refractivity contribution in [1.29, 1.82) is 5.26 Å². The number of benzene rings is 2. The van der Waals surface area contributed by atoms with Gasteiger partial charge in [-0.05, 0) is 62.3 Å². The minimum absolute atomic E-state index is 0.111. The number of rotatable bonds is 9. The highest BCUT2D eigenvalue weighted by Gasteiger charge is 2.22. The molecule has 1 saturated carbocycles. The maximum absolute atomic E-state index is 14.5. The standard InChI is InChI=1S/C25H27F2NO4/c1-2-3-12-30-19-7-4-17(5-8-19)16-31-20-10-11-22(24(27)13-20)25(29)32-21-9-6-18(15-28)23(26)14-21/h6,9-11,13-14,17,19H,2-5,7-8,12,16H2,1H3/t17-,19-. The van der Waals surface area contributed by atoms with Gasteiger partial charge in [0.05, 0.1) is 23.8 Å². The fraction of sp³-hybridized carbons (Fsp3) is 0.440. The molecule has 0 amide bonds. The predicted molar refractivity (Wildman–Crippen MR) is 115 cm³/mol. The van der Waals surface area contributed by atoms with E-state index in [0.717, 1.165) is 57.3 Å². The van der Waals surface area contributed by atoms with E-state index in [-0.39, 0.29) is 16.9 Å². The second-order valence-corrected chi connectivity index (χ2v) is 7.96. The van der Waals surface area contributed by atoms with E-state index in [1.54, 1.807) is 6.07 Å². The van der Waals surface area contributed by atoms with E-state index < -0.39 is 17.6 Å². The molecule has 0 aromatic heterocycles. The van der Waals surface area contributed by atoms with Crippen molar-refractivity contribution in [2.45, 2.75) is 51.6 Å². The zero-order valence-corrected chi connectivity index (χ0v) is 18.1. The van der Waals surface area contributed by atoms with Crippen LogP contribution in [0.15, 0.2) is 36.4 Å². The summed E-state index contributed by atoms with van der Waals surface area (Å²) >= 11 is 0. The van der Waals surface area contributed by atoms with E-state index in [1.165, 1.54) is 24.3 Å². The summed E-state index contributed by atoms with van der Waals surface area (Å²) in [6.07, 6.45) is 6.56. The molecule has 0 heterocycles. The lowest BCUT2D eigenvalue weighted by molar-refractivity contribution is 0.0116. The molecule has 2 aromatic rings. The number of carbonyl (C=O) groups is 1. The maximum atomic E-state index is 14.5. The number of hydrogen-bond acceptors (Lipinski definition) is 5. The van der Waals surface area contributed by atoms with Crippen LogP contribution < -0.4 is 9.47 Å². The largest absolute Gasteiger partial charge is 0.493 e. The van der Waals surface area contributed by atoms with Crippen LogP contribution in [0.5, 0.6) is 11.5 Å². The average Bonchev–Trinajstić information content (AvgIpc) is 2.79. The Balaban J connectivity index is 1.49. The summed E-state index contributed by atoms with van der Waals surface area (Å²) in [5, 5.41) is 8.75. The van der Waals surface area contributed by atoms with Crippen LogP contribution in [-0.4, -0.2) is 25.3 Å². The quantitative estimate of drug-likeness (QED) is 0.278. The van der Waals surface area contributed by atoms with Gasteiger partial charge in [-0.3, -0.25) is 0 Å². The minimum Gasteiger partial charge on any atom is -0.493 e. The third kappa shape index (κ3) is 6.51. The lowest BCUT2D eigenvalue weighted by atomic mass is 9.88. The van der Waals surface area contributed by atoms with Crippen molar-refractivity contribution in [3.05, 3.63) is 59.2 Å². The first-order valence-corrected chi connectivity index (χ1v) is 11.0. The Hall–Kier alpha value is -2.98. The summed E-state index contributed by atoms with van der Waals surface area (Å²) in [7, 11) is 0. The summed E-state index contributed by atoms with van der Waals surface area (Å²) in [5.41, 5.74) is -0.457. The molecule has 1 fully saturated rings. The molecule has 0 saturated heterocycles. The molecule has 0 atom stereocenters. The molecule has 0 N–H and O–H groups in total. The Bertz CT molecular complexity index is 965. The van der Waals surface area contributed by atoms with Crippen molar-refractivity contribution in [1.82, 2.24) is 0 Å². The van der Waals surface area contributed by atoms with Crippen LogP contribution in [0.2, 0.25) is 0 Å². The lowest BCUT2D eigenvalue weighted by Crippen LogP contribution is -2.25. The second kappa shape index (κ2) is 11.6. The van der Waals surface area contributed by atoms with E-state index in [1.807, 2.05) is 0 Å². The van der Waals surface area contributed by atoms with Crippen LogP contribution in [-0.2, 0) is 4.74 Å². The number of ether oxygens (including phenoxy) is 3. The number of nitriles is 1. The number of unbranched alkanes of at least 4 members (excludes halogenated alkanes) is 1. The van der Waals surface area contributed by atoms with E-state index in [0.29, 0.717) is 24.4 Å². The van der Waals surface area contributed by atoms with E-state index in [2.05, 4.69) is 6.92 Å². The minimum atomic E-state index is -0.959. The van der Waals surface area contributed by atoms with Gasteiger partial charge in [0.15, 0.2) is 0 Å². The van der Waals surface area contributed by atoms with Gasteiger partial charge in [0, 0.05) is 18.7 Å². The van der Waals surface area contributed by atoms with Crippen molar-refractivity contribution in [3.8, 4) is 17.6 Å². The first-order chi connectivity index (χ1) is 15.5. The summed E-state index contributed by atoms with van der Waals surface area (Å²) < 4.78 is 44.7. The molecule has 2 aromatic carbocycles. The highest BCUT2D eigenvalue weighted by molar-refractivity contribution is 5.91. The SMILES string of the molecule is CCCCO[C@H]1CC[C@H](COc2ccc(C(=O)Oc3ccc(C#N)c(F)c3)c(F)c2)CC1. The van der Waals surface area contributed by atoms with Crippen molar-refractivity contribution in [2.24, 2.45) is 5.92 Å². The average molecular weight is 443 g/mol. The van der Waals surface area contributed by atoms with Gasteiger partial charge in [-0.15, -0.1) is 0 Å². The van der Waals surface area contributed by atoms with Crippen LogP contribution in [0.3, 0.4) is 0 Å². The summed E-state index contributed by atoms with van der Waals surface area (Å²) in [4.78, 5) is 12.2. The molecular weight excluding hydrogens is 416 g/mol. The van der Waals surface area contributed by atoms with Gasteiger partial charge < -0.3 is 14.2 Å². The zero-order valence-electron chi connectivity index (χ0n) is 18.1. The number of carbonyl (C=O) groups excluding carboxylic acids is 1. The summed E-state index contributed by atoms with van der Waals surface area (Å²) in [5.74, 6) is -1.94. The Morgan fingerprint density at radius 2 is 1.78 bits per heavy atom. The third-order valence-corrected chi connectivity index (χ3v) is 5.56. The van der Waals surface area contributed by atoms with Gasteiger partial charge in [-0.2, -0.15) is 5.26 Å². The van der Waals surface area contributed by atoms with Gasteiger partial charge in [0.2, 0.25) is 0 Å². The molecule has 1 aliphatic rings. The molecule has 3 rings (SSSR count). The zero-order chi connectivity index (χ0) is 22.9. The van der Waals surface area contributed by atoms with E-state index in [9.17, 15) is 13.6 Å². The second-order valence-electron chi connectivity index (χ2n) is 7.96. The molecule has 0 unspecified atom stereocenters. The van der Waals surface area contributed by atoms with Gasteiger partial charge >= 0.3 is 5.97 Å². The molecule has 170 valence electrons. The highest BCUT2D eigenvalue weighted by atomic mass is 19.1. The van der Waals surface area contributed by atoms with Crippen LogP contribution in [0, 0.1) is 28.9 Å². The van der Waals surface area contributed by atoms with Gasteiger partial charge in [0.25, 0.3) is 0 Å². The van der Waals surface area contributed by atoms with Crippen LogP contribution in [0.1, 0.15) is 61.4 Å². The topological polar surface area (TPSA) is 68.6 Å². The Morgan fingerprint density at radius 3 is 2.44 bits per heavy atom. The smallest absolute Gasteiger partial charge is 0.346 e. The van der Waals surface area contributed by atoms with Crippen molar-refractivity contribution in [3.63, 3.8) is 0 Å². The van der Waals surface area contributed by atoms with Crippen LogP contribution in [0.25, 0.3) is 0 Å². The molecule has 0 radical (unpaired) electrons. The van der Waals surface area contributed by atoms with Crippen LogP contribution >= 0.6 is 0 Å². The van der Waals surface area contributed by atoms with Gasteiger partial charge in [0.1, 0.15) is 29.2 Å². The first kappa shape index (κ1) is 23.7. The molecular formula is C25H27F2NO4. The van der Waals surface area contributed by atoms with Gasteiger partial charge in [-0.1, -0.05) is 13.3 Å². The normalized spacial score (nSPS) is 18.1. The maximum Gasteiger partial charge on any atom is 0.346 e. The molecule has 7 heteroatoms. The van der Waals surface area contributed by atoms with E-state index >= 15 is 0 Å². The predicted octanol–water partition coefficient (Wildman–Crippen LogP) is 5.81. The molecule has 5 nitrogen and oxygen atoms in total. The molecule has 32 heavy (non-hydrogen) atoms. The molecule has 0 spiro atoms. The van der Waals surface area contributed by atoms with E-state index in [4.69, 9.17) is 19.5 Å². The molecule has 0 bridgehead atoms. The first-order valence-electron chi connectivity index (χ1n) is 11.0. The Kier molecular flexibility index (Phi) is 8.57. The monoisotopic (exact) mass is 443 g/mol. The fourth-order valence-corrected chi connectivity index (χ4v) is 3.64. The van der Waals surface area contributed by atoms with Gasteiger partial charge in [-0.25, -0.2) is 13.6 Å². The lowest BCUT2D eigenvalue weighted by Gasteiger charge is -2.28. The Morgan fingerprint density at radius 1 is 1.06 bits per heavy atom. The van der Waals surface area contributed by atoms with Crippen molar-refractivity contribution in [2.75, 3.05) is 13.2 Å². The summed E-state index contributed by atoms with van der Waals surface area (Å²) in [6.45, 7) is 3.44. The molecule has 0 aliphatic heterocycles. The third-order valence-electron chi connectivity index (χ3n) is 5.56. The van der Waals surface area contributed by atoms with Crippen molar-refractivity contribution >= 4 is 5.97 Å². The van der Waals surface area contributed by atoms with Crippen LogP contribution in [0.4, 0.5) is 8.78 Å². The number of halogens is 2. The molecule has 1 aliphatic carbocycles. The fourth-order valence-electron chi connectivity index (χ4n) is 3.64. The summed E-state index contributed by atoms with van der Waals surface area (Å²) in [6, 6.07) is 9.00. The number of nitrogens with zero attached hydrogens (tertiary/aromatic N) is 1.